The summed E-state index contributed by atoms with van der Waals surface area (Å²) in [5.74, 6) is -0.670. The zero-order chi connectivity index (χ0) is 18.3. The van der Waals surface area contributed by atoms with Crippen molar-refractivity contribution in [2.75, 3.05) is 6.61 Å². The normalized spacial score (nSPS) is 10.3. The second kappa shape index (κ2) is 24.7. The maximum atomic E-state index is 10.0. The standard InChI is InChI=1S/C13H28O.C8H16O2/c1-2-3-4-5-6-7-8-9-10-11-12-13-14;1-2-3-4-5-6-7-8(9)10/h14H,2-13H2,1H3;2-7H2,1H3,(H,9,10). The Bertz CT molecular complexity index is 217. The van der Waals surface area contributed by atoms with Gasteiger partial charge in [0.2, 0.25) is 0 Å². The van der Waals surface area contributed by atoms with E-state index in [2.05, 4.69) is 13.8 Å². The molecule has 0 bridgehead atoms. The molecule has 0 aliphatic heterocycles. The smallest absolute Gasteiger partial charge is 0.303 e. The molecule has 0 fully saturated rings. The lowest BCUT2D eigenvalue weighted by molar-refractivity contribution is -0.137. The number of aliphatic carboxylic acids is 1. The van der Waals surface area contributed by atoms with Crippen LogP contribution in [0.25, 0.3) is 0 Å². The van der Waals surface area contributed by atoms with Crippen LogP contribution < -0.4 is 0 Å². The molecule has 0 saturated heterocycles. The van der Waals surface area contributed by atoms with Crippen molar-refractivity contribution in [1.29, 1.82) is 0 Å². The molecule has 0 aromatic heterocycles. The van der Waals surface area contributed by atoms with Gasteiger partial charge in [-0.3, -0.25) is 4.79 Å². The third-order valence-corrected chi connectivity index (χ3v) is 4.26. The fourth-order valence-electron chi connectivity index (χ4n) is 2.66. The lowest BCUT2D eigenvalue weighted by Gasteiger charge is -2.01. The van der Waals surface area contributed by atoms with Gasteiger partial charge < -0.3 is 10.2 Å². The van der Waals surface area contributed by atoms with Crippen LogP contribution in [0.15, 0.2) is 0 Å². The first-order valence-corrected chi connectivity index (χ1v) is 10.5. The number of carboxylic acids is 1. The van der Waals surface area contributed by atoms with Crippen LogP contribution in [-0.4, -0.2) is 22.8 Å². The van der Waals surface area contributed by atoms with E-state index < -0.39 is 5.97 Å². The third kappa shape index (κ3) is 29.4. The van der Waals surface area contributed by atoms with E-state index >= 15 is 0 Å². The van der Waals surface area contributed by atoms with Crippen LogP contribution in [0.5, 0.6) is 0 Å². The van der Waals surface area contributed by atoms with E-state index in [-0.39, 0.29) is 0 Å². The molecule has 0 aliphatic carbocycles. The van der Waals surface area contributed by atoms with Gasteiger partial charge in [0.1, 0.15) is 0 Å². The van der Waals surface area contributed by atoms with E-state index in [0.29, 0.717) is 13.0 Å². The largest absolute Gasteiger partial charge is 0.481 e. The summed E-state index contributed by atoms with van der Waals surface area (Å²) in [6, 6.07) is 0. The van der Waals surface area contributed by atoms with Crippen LogP contribution in [0.2, 0.25) is 0 Å². The highest BCUT2D eigenvalue weighted by Gasteiger charge is 1.95. The van der Waals surface area contributed by atoms with E-state index in [9.17, 15) is 4.79 Å². The SMILES string of the molecule is CCCCCCCC(=O)O.CCCCCCCCCCCCCO. The van der Waals surface area contributed by atoms with Gasteiger partial charge in [-0.05, 0) is 12.8 Å². The minimum Gasteiger partial charge on any atom is -0.481 e. The number of carboxylic acid groups (broad SMARTS) is 1. The average Bonchev–Trinajstić information content (AvgIpc) is 2.57. The molecule has 2 N–H and O–H groups in total. The van der Waals surface area contributed by atoms with Gasteiger partial charge in [-0.25, -0.2) is 0 Å². The molecule has 146 valence electrons. The number of aliphatic hydroxyl groups is 1. The van der Waals surface area contributed by atoms with E-state index in [1.54, 1.807) is 0 Å². The Morgan fingerprint density at radius 2 is 0.917 bits per heavy atom. The molecule has 0 spiro atoms. The molecule has 3 nitrogen and oxygen atoms in total. The minimum atomic E-state index is -0.670. The number of unbranched alkanes of at least 4 members (excludes halogenated alkanes) is 14. The number of carbonyl (C=O) groups is 1. The fourth-order valence-corrected chi connectivity index (χ4v) is 2.66. The fraction of sp³-hybridized carbons (Fsp3) is 0.952. The molecule has 0 amide bonds. The quantitative estimate of drug-likeness (QED) is 0.288. The third-order valence-electron chi connectivity index (χ3n) is 4.26. The summed E-state index contributed by atoms with van der Waals surface area (Å²) < 4.78 is 0. The van der Waals surface area contributed by atoms with Crippen molar-refractivity contribution >= 4 is 5.97 Å². The van der Waals surface area contributed by atoms with Gasteiger partial charge >= 0.3 is 5.97 Å². The van der Waals surface area contributed by atoms with Crippen molar-refractivity contribution in [3.05, 3.63) is 0 Å². The van der Waals surface area contributed by atoms with Crippen molar-refractivity contribution < 1.29 is 15.0 Å². The van der Waals surface area contributed by atoms with Crippen LogP contribution in [0.3, 0.4) is 0 Å². The van der Waals surface area contributed by atoms with Crippen molar-refractivity contribution in [3.63, 3.8) is 0 Å². The molecule has 0 unspecified atom stereocenters. The molecular weight excluding hydrogens is 300 g/mol. The molecule has 0 heterocycles. The Balaban J connectivity index is 0. The average molecular weight is 345 g/mol. The van der Waals surface area contributed by atoms with Gasteiger partial charge in [-0.15, -0.1) is 0 Å². The molecule has 0 atom stereocenters. The van der Waals surface area contributed by atoms with E-state index in [4.69, 9.17) is 10.2 Å². The van der Waals surface area contributed by atoms with E-state index in [1.807, 2.05) is 0 Å². The first-order chi connectivity index (χ1) is 11.7. The zero-order valence-corrected chi connectivity index (χ0v) is 16.5. The van der Waals surface area contributed by atoms with E-state index in [1.165, 1.54) is 83.5 Å². The Labute approximate surface area is 151 Å². The Morgan fingerprint density at radius 3 is 1.25 bits per heavy atom. The second-order valence-electron chi connectivity index (χ2n) is 6.82. The number of hydrogen-bond donors (Lipinski definition) is 2. The minimum absolute atomic E-state index is 0.337. The van der Waals surface area contributed by atoms with Crippen LogP contribution in [0, 0.1) is 0 Å². The lowest BCUT2D eigenvalue weighted by atomic mass is 10.1. The second-order valence-corrected chi connectivity index (χ2v) is 6.82. The zero-order valence-electron chi connectivity index (χ0n) is 16.5. The Hall–Kier alpha value is -0.570. The predicted molar refractivity (Wildman–Crippen MR) is 105 cm³/mol. The van der Waals surface area contributed by atoms with Gasteiger partial charge in [0, 0.05) is 13.0 Å². The van der Waals surface area contributed by atoms with Crippen LogP contribution >= 0.6 is 0 Å². The summed E-state index contributed by atoms with van der Waals surface area (Å²) in [5, 5.41) is 16.9. The predicted octanol–water partition coefficient (Wildman–Crippen LogP) is 6.72. The Kier molecular flexibility index (Phi) is 26.4. The molecule has 3 heteroatoms. The molecule has 0 radical (unpaired) electrons. The number of hydrogen-bond acceptors (Lipinski definition) is 2. The topological polar surface area (TPSA) is 57.5 Å². The summed E-state index contributed by atoms with van der Waals surface area (Å²) >= 11 is 0. The molecule has 0 saturated carbocycles. The monoisotopic (exact) mass is 344 g/mol. The van der Waals surface area contributed by atoms with Crippen LogP contribution in [-0.2, 0) is 4.79 Å². The van der Waals surface area contributed by atoms with Crippen molar-refractivity contribution in [1.82, 2.24) is 0 Å². The molecular formula is C21H44O3. The van der Waals surface area contributed by atoms with Crippen molar-refractivity contribution in [2.45, 2.75) is 123 Å². The first kappa shape index (κ1) is 25.7. The molecule has 0 rings (SSSR count). The Morgan fingerprint density at radius 1 is 0.583 bits per heavy atom. The van der Waals surface area contributed by atoms with Gasteiger partial charge in [0.15, 0.2) is 0 Å². The lowest BCUT2D eigenvalue weighted by Crippen LogP contribution is -1.93. The summed E-state index contributed by atoms with van der Waals surface area (Å²) in [6.07, 6.45) is 20.7. The highest BCUT2D eigenvalue weighted by atomic mass is 16.4. The van der Waals surface area contributed by atoms with Crippen LogP contribution in [0.4, 0.5) is 0 Å². The van der Waals surface area contributed by atoms with Crippen molar-refractivity contribution in [3.8, 4) is 0 Å². The highest BCUT2D eigenvalue weighted by Crippen LogP contribution is 2.10. The maximum absolute atomic E-state index is 10.0. The summed E-state index contributed by atoms with van der Waals surface area (Å²) in [5.41, 5.74) is 0. The van der Waals surface area contributed by atoms with Crippen LogP contribution in [0.1, 0.15) is 123 Å². The van der Waals surface area contributed by atoms with Gasteiger partial charge in [0.25, 0.3) is 0 Å². The molecule has 0 aromatic carbocycles. The maximum Gasteiger partial charge on any atom is 0.303 e. The van der Waals surface area contributed by atoms with Gasteiger partial charge in [-0.1, -0.05) is 104 Å². The van der Waals surface area contributed by atoms with Crippen molar-refractivity contribution in [2.24, 2.45) is 0 Å². The molecule has 0 aliphatic rings. The molecule has 0 aromatic rings. The first-order valence-electron chi connectivity index (χ1n) is 10.5. The summed E-state index contributed by atoms with van der Waals surface area (Å²) in [4.78, 5) is 10.0. The number of rotatable bonds is 17. The van der Waals surface area contributed by atoms with E-state index in [0.717, 1.165) is 19.3 Å². The highest BCUT2D eigenvalue weighted by molar-refractivity contribution is 5.66. The van der Waals surface area contributed by atoms with Gasteiger partial charge in [0.05, 0.1) is 0 Å². The van der Waals surface area contributed by atoms with Gasteiger partial charge in [-0.2, -0.15) is 0 Å². The summed E-state index contributed by atoms with van der Waals surface area (Å²) in [6.45, 7) is 4.79. The number of aliphatic hydroxyl groups excluding tert-OH is 1. The summed E-state index contributed by atoms with van der Waals surface area (Å²) in [7, 11) is 0. The molecule has 24 heavy (non-hydrogen) atoms.